The number of rotatable bonds is 13. The van der Waals surface area contributed by atoms with Gasteiger partial charge in [0.25, 0.3) is 8.53 Å². The third-order valence-corrected chi connectivity index (χ3v) is 6.95. The molecule has 0 aromatic rings. The van der Waals surface area contributed by atoms with Gasteiger partial charge >= 0.3 is 0 Å². The Hall–Kier alpha value is -1.42. The van der Waals surface area contributed by atoms with Gasteiger partial charge in [-0.25, -0.2) is 11.2 Å². The summed E-state index contributed by atoms with van der Waals surface area (Å²) in [5.41, 5.74) is 8.36. The van der Waals surface area contributed by atoms with Crippen LogP contribution in [0.3, 0.4) is 0 Å². The van der Waals surface area contributed by atoms with Crippen LogP contribution in [0.2, 0.25) is 0 Å². The number of hydrogen-bond donors (Lipinski definition) is 0. The number of carbonyl (C=O) groups excluding carboxylic acids is 1. The molecule has 1 unspecified atom stereocenters. The van der Waals surface area contributed by atoms with Gasteiger partial charge < -0.3 is 18.8 Å². The monoisotopic (exact) mass is 426 g/mol. The molecule has 3 atom stereocenters. The van der Waals surface area contributed by atoms with Crippen molar-refractivity contribution in [2.45, 2.75) is 84.5 Å². The van der Waals surface area contributed by atoms with Gasteiger partial charge in [-0.3, -0.25) is 4.79 Å². The van der Waals surface area contributed by atoms with Gasteiger partial charge in [-0.1, -0.05) is 12.0 Å². The highest BCUT2D eigenvalue weighted by molar-refractivity contribution is 7.44. The van der Waals surface area contributed by atoms with Gasteiger partial charge in [-0.15, -0.1) is 0 Å². The fourth-order valence-electron chi connectivity index (χ4n) is 3.55. The van der Waals surface area contributed by atoms with Crippen LogP contribution < -0.4 is 0 Å². The molecule has 0 radical (unpaired) electrons. The van der Waals surface area contributed by atoms with E-state index in [1.165, 1.54) is 0 Å². The normalized spacial score (nSPS) is 20.2. The lowest BCUT2D eigenvalue weighted by Crippen LogP contribution is -2.36. The van der Waals surface area contributed by atoms with E-state index in [4.69, 9.17) is 21.2 Å². The highest BCUT2D eigenvalue weighted by Crippen LogP contribution is 2.48. The van der Waals surface area contributed by atoms with E-state index in [9.17, 15) is 4.79 Å². The first-order valence-electron chi connectivity index (χ1n) is 10.4. The Morgan fingerprint density at radius 1 is 1.38 bits per heavy atom. The molecule has 1 saturated heterocycles. The van der Waals surface area contributed by atoms with E-state index >= 15 is 0 Å². The minimum Gasteiger partial charge on any atom is -0.337 e. The summed E-state index contributed by atoms with van der Waals surface area (Å²) in [6.07, 6.45) is 2.51. The quantitative estimate of drug-likeness (QED) is 0.106. The van der Waals surface area contributed by atoms with Crippen molar-refractivity contribution in [1.29, 1.82) is 0 Å². The summed E-state index contributed by atoms with van der Waals surface area (Å²) in [5.74, 6) is 0.0823. The van der Waals surface area contributed by atoms with Crippen molar-refractivity contribution < 1.29 is 13.8 Å². The van der Waals surface area contributed by atoms with E-state index < -0.39 is 8.53 Å². The van der Waals surface area contributed by atoms with Crippen LogP contribution in [0.25, 0.3) is 15.3 Å². The molecule has 1 rings (SSSR count). The van der Waals surface area contributed by atoms with Crippen LogP contribution in [0, 0.1) is 6.57 Å². The van der Waals surface area contributed by atoms with Crippen molar-refractivity contribution >= 4 is 14.4 Å². The molecule has 1 heterocycles. The maximum Gasteiger partial charge on any atom is 0.259 e. The number of azide groups is 1. The lowest BCUT2D eigenvalue weighted by molar-refractivity contribution is -0.132. The van der Waals surface area contributed by atoms with Crippen LogP contribution in [0.15, 0.2) is 5.11 Å². The van der Waals surface area contributed by atoms with Crippen molar-refractivity contribution in [3.05, 3.63) is 21.9 Å². The average Bonchev–Trinajstić information content (AvgIpc) is 3.07. The Morgan fingerprint density at radius 3 is 2.62 bits per heavy atom. The zero-order chi connectivity index (χ0) is 21.8. The SMILES string of the molecule is [C-]#[N+]CCOP(O[C@@H]1C[C@@H](CC)N(C(=O)CCCN=[N+]=[N-])C1)N(C(C)C)C(C)C. The average molecular weight is 427 g/mol. The molecule has 164 valence electrons. The van der Waals surface area contributed by atoms with Crippen LogP contribution in [-0.4, -0.2) is 65.9 Å². The highest BCUT2D eigenvalue weighted by Gasteiger charge is 2.38. The topological polar surface area (TPSA) is 95.1 Å². The van der Waals surface area contributed by atoms with Crippen LogP contribution >= 0.6 is 8.53 Å². The van der Waals surface area contributed by atoms with Crippen LogP contribution in [0.4, 0.5) is 0 Å². The third-order valence-electron chi connectivity index (χ3n) is 4.77. The van der Waals surface area contributed by atoms with Crippen LogP contribution in [-0.2, 0) is 13.8 Å². The summed E-state index contributed by atoms with van der Waals surface area (Å²) in [4.78, 5) is 20.6. The second-order valence-corrected chi connectivity index (χ2v) is 9.06. The van der Waals surface area contributed by atoms with Crippen molar-refractivity contribution in [3.8, 4) is 0 Å². The summed E-state index contributed by atoms with van der Waals surface area (Å²) in [7, 11) is -1.31. The fraction of sp³-hybridized carbons (Fsp3) is 0.895. The maximum atomic E-state index is 12.6. The van der Waals surface area contributed by atoms with Gasteiger partial charge in [-0.2, -0.15) is 0 Å². The molecule has 0 saturated carbocycles. The largest absolute Gasteiger partial charge is 0.337 e. The van der Waals surface area contributed by atoms with Crippen molar-refractivity contribution in [3.63, 3.8) is 0 Å². The van der Waals surface area contributed by atoms with E-state index in [1.54, 1.807) is 0 Å². The summed E-state index contributed by atoms with van der Waals surface area (Å²) < 4.78 is 14.6. The molecule has 0 aromatic carbocycles. The summed E-state index contributed by atoms with van der Waals surface area (Å²) in [6, 6.07) is 0.644. The van der Waals surface area contributed by atoms with E-state index in [2.05, 4.69) is 54.2 Å². The zero-order valence-corrected chi connectivity index (χ0v) is 19.2. The molecule has 0 aliphatic carbocycles. The van der Waals surface area contributed by atoms with Gasteiger partial charge in [0.05, 0.1) is 6.10 Å². The van der Waals surface area contributed by atoms with E-state index in [1.807, 2.05) is 4.90 Å². The Balaban J connectivity index is 2.78. The molecule has 10 heteroatoms. The molecule has 1 amide bonds. The van der Waals surface area contributed by atoms with Crippen LogP contribution in [0.5, 0.6) is 0 Å². The predicted molar refractivity (Wildman–Crippen MR) is 115 cm³/mol. The minimum atomic E-state index is -1.31. The second kappa shape index (κ2) is 13.7. The molecule has 0 spiro atoms. The number of hydrogen-bond acceptors (Lipinski definition) is 5. The maximum absolute atomic E-state index is 12.6. The first-order chi connectivity index (χ1) is 13.8. The molecule has 0 N–H and O–H groups in total. The smallest absolute Gasteiger partial charge is 0.259 e. The molecule has 0 aromatic heterocycles. The Morgan fingerprint density at radius 2 is 2.07 bits per heavy atom. The van der Waals surface area contributed by atoms with E-state index in [0.29, 0.717) is 39.1 Å². The predicted octanol–water partition coefficient (Wildman–Crippen LogP) is 4.75. The zero-order valence-electron chi connectivity index (χ0n) is 18.3. The third kappa shape index (κ3) is 8.46. The number of nitrogens with zero attached hydrogens (tertiary/aromatic N) is 6. The van der Waals surface area contributed by atoms with Gasteiger partial charge in [-0.05, 0) is 52.5 Å². The van der Waals surface area contributed by atoms with Crippen LogP contribution in [0.1, 0.15) is 60.3 Å². The van der Waals surface area contributed by atoms with Gasteiger partial charge in [0.2, 0.25) is 12.5 Å². The highest BCUT2D eigenvalue weighted by atomic mass is 31.2. The second-order valence-electron chi connectivity index (χ2n) is 7.65. The standard InChI is InChI=1S/C19H35N6O3P/c1-7-17-13-18(14-24(17)19(26)9-8-10-22-23-20)28-29(27-12-11-21-6)25(15(2)3)16(4)5/h15-18H,7-14H2,1-5H3/t17-,18-,29?/m1/s1. The van der Waals surface area contributed by atoms with Crippen molar-refractivity contribution in [1.82, 2.24) is 9.57 Å². The van der Waals surface area contributed by atoms with Crippen molar-refractivity contribution in [2.24, 2.45) is 5.11 Å². The molecule has 1 aliphatic rings. The first kappa shape index (κ1) is 25.6. The molecule has 0 bridgehead atoms. The lowest BCUT2D eigenvalue weighted by atomic mass is 10.1. The van der Waals surface area contributed by atoms with Crippen molar-refractivity contribution in [2.75, 3.05) is 26.2 Å². The lowest BCUT2D eigenvalue weighted by Gasteiger charge is -2.36. The Labute approximate surface area is 176 Å². The summed E-state index contributed by atoms with van der Waals surface area (Å²) in [6.45, 7) is 19.0. The molecule has 29 heavy (non-hydrogen) atoms. The number of carbonyl (C=O) groups is 1. The van der Waals surface area contributed by atoms with Gasteiger partial charge in [0, 0.05) is 42.5 Å². The molecule has 1 aliphatic heterocycles. The number of likely N-dealkylation sites (tertiary alicyclic amines) is 1. The first-order valence-corrected chi connectivity index (χ1v) is 11.5. The van der Waals surface area contributed by atoms with E-state index in [0.717, 1.165) is 12.8 Å². The Bertz CT molecular complexity index is 583. The molecule has 9 nitrogen and oxygen atoms in total. The fourth-order valence-corrected chi connectivity index (χ4v) is 5.25. The van der Waals surface area contributed by atoms with Gasteiger partial charge in [0.1, 0.15) is 6.61 Å². The summed E-state index contributed by atoms with van der Waals surface area (Å²) >= 11 is 0. The minimum absolute atomic E-state index is 0.0823. The number of amides is 1. The van der Waals surface area contributed by atoms with E-state index in [-0.39, 0.29) is 30.1 Å². The Kier molecular flexibility index (Phi) is 12.1. The molecular weight excluding hydrogens is 391 g/mol. The summed E-state index contributed by atoms with van der Waals surface area (Å²) in [5, 5.41) is 3.50. The van der Waals surface area contributed by atoms with Gasteiger partial charge in [0.15, 0.2) is 0 Å². The molecule has 1 fully saturated rings. The molecular formula is C19H35N6O3P.